The van der Waals surface area contributed by atoms with Crippen LogP contribution in [-0.4, -0.2) is 19.7 Å². The van der Waals surface area contributed by atoms with Crippen LogP contribution in [0.25, 0.3) is 0 Å². The number of hydrogen-bond donors (Lipinski definition) is 0. The van der Waals surface area contributed by atoms with Crippen LogP contribution in [-0.2, 0) is 9.53 Å². The molecule has 0 saturated heterocycles. The molecule has 3 heteroatoms. The van der Waals surface area contributed by atoms with Crippen LogP contribution in [0, 0.1) is 5.92 Å². The maximum absolute atomic E-state index is 11.0. The second kappa shape index (κ2) is 6.28. The Bertz CT molecular complexity index is 371. The van der Waals surface area contributed by atoms with Crippen LogP contribution in [0.3, 0.4) is 0 Å². The van der Waals surface area contributed by atoms with E-state index in [4.69, 9.17) is 4.74 Å². The van der Waals surface area contributed by atoms with E-state index in [2.05, 4.69) is 31.6 Å². The number of carbonyl (C=O) groups is 1. The van der Waals surface area contributed by atoms with E-state index in [0.717, 1.165) is 0 Å². The molecule has 1 aromatic carbocycles. The van der Waals surface area contributed by atoms with Gasteiger partial charge in [0.2, 0.25) is 0 Å². The molecule has 0 radical (unpaired) electrons. The van der Waals surface area contributed by atoms with Gasteiger partial charge in [-0.1, -0.05) is 32.9 Å². The van der Waals surface area contributed by atoms with Gasteiger partial charge in [0.05, 0.1) is 7.11 Å². The van der Waals surface area contributed by atoms with Crippen LogP contribution in [0.4, 0.5) is 0 Å². The summed E-state index contributed by atoms with van der Waals surface area (Å²) in [5, 5.41) is 0. The van der Waals surface area contributed by atoms with E-state index >= 15 is 0 Å². The van der Waals surface area contributed by atoms with Gasteiger partial charge in [-0.15, -0.1) is 0 Å². The number of benzene rings is 1. The monoisotopic (exact) mass is 236 g/mol. The lowest BCUT2D eigenvalue weighted by Crippen LogP contribution is -2.12. The molecule has 1 unspecified atom stereocenters. The van der Waals surface area contributed by atoms with Gasteiger partial charge in [-0.2, -0.15) is 0 Å². The van der Waals surface area contributed by atoms with Crippen molar-refractivity contribution in [3.8, 4) is 5.75 Å². The third kappa shape index (κ3) is 4.10. The molecule has 1 rings (SSSR count). The third-order valence-electron chi connectivity index (χ3n) is 2.97. The minimum atomic E-state index is -0.368. The highest BCUT2D eigenvalue weighted by atomic mass is 16.6. The fourth-order valence-electron chi connectivity index (χ4n) is 1.47. The maximum Gasteiger partial charge on any atom is 0.343 e. The largest absolute Gasteiger partial charge is 0.482 e. The van der Waals surface area contributed by atoms with Crippen molar-refractivity contribution < 1.29 is 14.3 Å². The first-order chi connectivity index (χ1) is 8.04. The zero-order valence-corrected chi connectivity index (χ0v) is 10.9. The minimum absolute atomic E-state index is 0.0456. The lowest BCUT2D eigenvalue weighted by Gasteiger charge is -2.16. The Balaban J connectivity index is 2.69. The Morgan fingerprint density at radius 2 is 2.00 bits per heavy atom. The number of carbonyl (C=O) groups excluding carboxylic acids is 1. The Kier molecular flexibility index (Phi) is 5.01. The van der Waals surface area contributed by atoms with Gasteiger partial charge in [0.25, 0.3) is 0 Å². The number of esters is 1. The topological polar surface area (TPSA) is 35.5 Å². The first-order valence-corrected chi connectivity index (χ1v) is 5.84. The van der Waals surface area contributed by atoms with E-state index in [-0.39, 0.29) is 12.6 Å². The Morgan fingerprint density at radius 3 is 2.59 bits per heavy atom. The molecule has 0 bridgehead atoms. The molecule has 0 aliphatic rings. The molecule has 0 N–H and O–H groups in total. The van der Waals surface area contributed by atoms with Crippen molar-refractivity contribution in [1.82, 2.24) is 0 Å². The predicted molar refractivity (Wildman–Crippen MR) is 67.2 cm³/mol. The summed E-state index contributed by atoms with van der Waals surface area (Å²) in [5.74, 6) is 1.38. The quantitative estimate of drug-likeness (QED) is 0.737. The maximum atomic E-state index is 11.0. The van der Waals surface area contributed by atoms with Gasteiger partial charge < -0.3 is 9.47 Å². The summed E-state index contributed by atoms with van der Waals surface area (Å²) in [6, 6.07) is 7.85. The van der Waals surface area contributed by atoms with Crippen LogP contribution in [0.2, 0.25) is 0 Å². The molecule has 1 aromatic rings. The molecule has 0 heterocycles. The van der Waals surface area contributed by atoms with Crippen molar-refractivity contribution >= 4 is 5.97 Å². The summed E-state index contributed by atoms with van der Waals surface area (Å²) in [4.78, 5) is 11.0. The van der Waals surface area contributed by atoms with E-state index in [1.807, 2.05) is 18.2 Å². The highest BCUT2D eigenvalue weighted by molar-refractivity contribution is 5.70. The number of hydrogen-bond acceptors (Lipinski definition) is 3. The normalized spacial score (nSPS) is 12.3. The molecule has 0 aliphatic carbocycles. The number of rotatable bonds is 5. The van der Waals surface area contributed by atoms with Crippen molar-refractivity contribution in [3.63, 3.8) is 0 Å². The van der Waals surface area contributed by atoms with Crippen molar-refractivity contribution in [2.45, 2.75) is 26.7 Å². The minimum Gasteiger partial charge on any atom is -0.482 e. The summed E-state index contributed by atoms with van der Waals surface area (Å²) in [7, 11) is 1.35. The van der Waals surface area contributed by atoms with Gasteiger partial charge in [0, 0.05) is 0 Å². The lowest BCUT2D eigenvalue weighted by atomic mass is 9.90. The highest BCUT2D eigenvalue weighted by Gasteiger charge is 2.10. The average molecular weight is 236 g/mol. The fourth-order valence-corrected chi connectivity index (χ4v) is 1.47. The smallest absolute Gasteiger partial charge is 0.343 e. The van der Waals surface area contributed by atoms with E-state index in [9.17, 15) is 4.79 Å². The van der Waals surface area contributed by atoms with E-state index in [1.54, 1.807) is 0 Å². The Morgan fingerprint density at radius 1 is 1.29 bits per heavy atom. The summed E-state index contributed by atoms with van der Waals surface area (Å²) in [6.07, 6.45) is 0. The molecule has 94 valence electrons. The molecule has 17 heavy (non-hydrogen) atoms. The molecule has 0 aromatic heterocycles. The van der Waals surface area contributed by atoms with Crippen molar-refractivity contribution in [1.29, 1.82) is 0 Å². The Labute approximate surface area is 103 Å². The van der Waals surface area contributed by atoms with Gasteiger partial charge in [0.1, 0.15) is 5.75 Å². The lowest BCUT2D eigenvalue weighted by molar-refractivity contribution is -0.142. The van der Waals surface area contributed by atoms with Crippen LogP contribution in [0.15, 0.2) is 24.3 Å². The molecule has 3 nitrogen and oxygen atoms in total. The molecular weight excluding hydrogens is 216 g/mol. The van der Waals surface area contributed by atoms with Crippen molar-refractivity contribution in [3.05, 3.63) is 29.8 Å². The zero-order chi connectivity index (χ0) is 12.8. The molecule has 0 saturated carbocycles. The van der Waals surface area contributed by atoms with Gasteiger partial charge >= 0.3 is 5.97 Å². The fraction of sp³-hybridized carbons (Fsp3) is 0.500. The van der Waals surface area contributed by atoms with Crippen molar-refractivity contribution in [2.75, 3.05) is 13.7 Å². The van der Waals surface area contributed by atoms with Gasteiger partial charge in [-0.3, -0.25) is 0 Å². The number of ether oxygens (including phenoxy) is 2. The van der Waals surface area contributed by atoms with Gasteiger partial charge in [-0.05, 0) is 29.5 Å². The van der Waals surface area contributed by atoms with E-state index in [0.29, 0.717) is 17.6 Å². The van der Waals surface area contributed by atoms with Crippen LogP contribution in [0.1, 0.15) is 32.3 Å². The second-order valence-electron chi connectivity index (χ2n) is 4.47. The average Bonchev–Trinajstić information content (AvgIpc) is 2.35. The molecule has 0 aliphatic heterocycles. The SMILES string of the molecule is COC(=O)COc1cccc(C(C)C(C)C)c1. The molecule has 0 amide bonds. The highest BCUT2D eigenvalue weighted by Crippen LogP contribution is 2.26. The van der Waals surface area contributed by atoms with E-state index in [1.165, 1.54) is 12.7 Å². The van der Waals surface area contributed by atoms with Crippen LogP contribution < -0.4 is 4.74 Å². The summed E-state index contributed by atoms with van der Waals surface area (Å²) in [5.41, 5.74) is 1.22. The predicted octanol–water partition coefficient (Wildman–Crippen LogP) is 3.00. The second-order valence-corrected chi connectivity index (χ2v) is 4.47. The molecule has 0 fully saturated rings. The van der Waals surface area contributed by atoms with Gasteiger partial charge in [-0.25, -0.2) is 4.79 Å². The zero-order valence-electron chi connectivity index (χ0n) is 10.9. The third-order valence-corrected chi connectivity index (χ3v) is 2.97. The summed E-state index contributed by atoms with van der Waals surface area (Å²) >= 11 is 0. The molecular formula is C14H20O3. The molecule has 1 atom stereocenters. The standard InChI is InChI=1S/C14H20O3/c1-10(2)11(3)12-6-5-7-13(8-12)17-9-14(15)16-4/h5-8,10-11H,9H2,1-4H3. The summed E-state index contributed by atoms with van der Waals surface area (Å²) in [6.45, 7) is 6.51. The van der Waals surface area contributed by atoms with E-state index < -0.39 is 0 Å². The Hall–Kier alpha value is -1.51. The van der Waals surface area contributed by atoms with Gasteiger partial charge in [0.15, 0.2) is 6.61 Å². The van der Waals surface area contributed by atoms with Crippen molar-refractivity contribution in [2.24, 2.45) is 5.92 Å². The summed E-state index contributed by atoms with van der Waals surface area (Å²) < 4.78 is 9.88. The van der Waals surface area contributed by atoms with Crippen LogP contribution in [0.5, 0.6) is 5.75 Å². The van der Waals surface area contributed by atoms with Crippen LogP contribution >= 0.6 is 0 Å². The first kappa shape index (κ1) is 13.6. The molecule has 0 spiro atoms. The first-order valence-electron chi connectivity index (χ1n) is 5.84. The number of methoxy groups -OCH3 is 1.